The van der Waals surface area contributed by atoms with E-state index in [1.165, 1.54) is 12.1 Å². The minimum atomic E-state index is -4.92. The van der Waals surface area contributed by atoms with E-state index in [2.05, 4.69) is 25.3 Å². The first-order chi connectivity index (χ1) is 44.2. The van der Waals surface area contributed by atoms with E-state index in [4.69, 9.17) is 66.1 Å². The molecule has 1 fully saturated rings. The molecule has 0 saturated carbocycles. The molecule has 29 heteroatoms. The molecule has 0 spiro atoms. The number of unbranched alkanes of at least 4 members (excludes halogenated alkanes) is 2. The van der Waals surface area contributed by atoms with Crippen molar-refractivity contribution in [1.82, 2.24) is 9.64 Å². The van der Waals surface area contributed by atoms with E-state index in [0.717, 1.165) is 16.5 Å². The Morgan fingerprint density at radius 2 is 1.14 bits per heavy atom. The second kappa shape index (κ2) is 43.9. The molecule has 2 amide bonds. The summed E-state index contributed by atoms with van der Waals surface area (Å²) < 4.78 is 147. The fourth-order valence-electron chi connectivity index (χ4n) is 10.1. The van der Waals surface area contributed by atoms with Crippen LogP contribution in [0.3, 0.4) is 0 Å². The molecular formula is C64H97N3NaO23S2+. The number of nitrogens with zero attached hydrogens (tertiary/aromatic N) is 3. The summed E-state index contributed by atoms with van der Waals surface area (Å²) in [6.07, 6.45) is 6.79. The van der Waals surface area contributed by atoms with Crippen molar-refractivity contribution >= 4 is 49.8 Å². The maximum atomic E-state index is 12.6. The molecule has 1 unspecified atom stereocenters. The van der Waals surface area contributed by atoms with Gasteiger partial charge in [-0.1, -0.05) is 33.3 Å². The molecule has 5 rings (SSSR count). The number of methoxy groups -OCH3 is 2. The van der Waals surface area contributed by atoms with Crippen molar-refractivity contribution < 1.29 is 136 Å². The molecule has 3 heterocycles. The van der Waals surface area contributed by atoms with Gasteiger partial charge >= 0.3 is 35.5 Å². The third-order valence-corrected chi connectivity index (χ3v) is 16.5. The number of fused-ring (bicyclic) bond motifs is 2. The molecule has 3 aliphatic heterocycles. The summed E-state index contributed by atoms with van der Waals surface area (Å²) in [4.78, 5) is 43.2. The Morgan fingerprint density at radius 3 is 1.60 bits per heavy atom. The van der Waals surface area contributed by atoms with Gasteiger partial charge in [-0.3, -0.25) is 14.1 Å². The van der Waals surface area contributed by atoms with E-state index in [0.29, 0.717) is 218 Å². The van der Waals surface area contributed by atoms with E-state index in [9.17, 15) is 40.3 Å². The van der Waals surface area contributed by atoms with Crippen LogP contribution in [0.25, 0.3) is 17.4 Å². The fourth-order valence-corrected chi connectivity index (χ4v) is 11.1. The standard InChI is InChI=1S/C64H97N3O23S2.Na/c1-63(2,3)55-49-52(12-10-13-59-64(4,21-11-47-91(71,72)73)56-50-53(92(74,75)76)16-18-57(56)66(59)22-9-7-8-14-62(70)90-67-60(68)19-20-61(67)69)89-58-48-51(15-17-54(55)58)65(23-25-79-31-33-83-39-41-87-45-43-85-37-35-81-29-27-77-5)24-26-80-32-34-84-40-42-88-46-44-86-38-36-82-30-28-78-6;/h10,12-13,15-18,48-50H,7-9,11,14,19-47H2,1-6H3,(H-,71,72,73,74,75,76);/q;+1. The molecular weight excluding hydrogens is 1270 g/mol. The minimum absolute atomic E-state index is 0. The second-order valence-corrected chi connectivity index (χ2v) is 25.8. The van der Waals surface area contributed by atoms with Crippen LogP contribution in [0.2, 0.25) is 0 Å². The molecule has 1 aliphatic carbocycles. The number of carbonyl (C=O) groups is 3. The third-order valence-electron chi connectivity index (χ3n) is 14.8. The number of amides is 2. The number of hydrogen-bond acceptors (Lipinski definition) is 23. The number of hydroxylamine groups is 2. The van der Waals surface area contributed by atoms with Crippen LogP contribution in [-0.2, 0) is 107 Å². The van der Waals surface area contributed by atoms with Crippen molar-refractivity contribution in [2.75, 3.05) is 190 Å². The van der Waals surface area contributed by atoms with Gasteiger partial charge in [0.05, 0.1) is 149 Å². The predicted molar refractivity (Wildman–Crippen MR) is 338 cm³/mol. The molecule has 93 heavy (non-hydrogen) atoms. The van der Waals surface area contributed by atoms with Gasteiger partial charge < -0.3 is 75.5 Å². The summed E-state index contributed by atoms with van der Waals surface area (Å²) in [5, 5.41) is 1.37. The van der Waals surface area contributed by atoms with E-state index in [1.54, 1.807) is 26.4 Å². The zero-order valence-electron chi connectivity index (χ0n) is 55.4. The first-order valence-corrected chi connectivity index (χ1v) is 34.4. The second-order valence-electron chi connectivity index (χ2n) is 22.9. The minimum Gasteiger partial charge on any atom is -0.744 e. The number of hydrogen-bond donors (Lipinski definition) is 1. The molecule has 1 N–H and O–H groups in total. The van der Waals surface area contributed by atoms with Crippen molar-refractivity contribution in [3.05, 3.63) is 82.6 Å². The summed E-state index contributed by atoms with van der Waals surface area (Å²) in [6, 6.07) is 12.2. The van der Waals surface area contributed by atoms with E-state index in [1.807, 2.05) is 48.2 Å². The van der Waals surface area contributed by atoms with Crippen LogP contribution in [0.15, 0.2) is 69.6 Å². The quantitative estimate of drug-likeness (QED) is 0.0279. The first kappa shape index (κ1) is 81.3. The van der Waals surface area contributed by atoms with E-state index in [-0.39, 0.29) is 67.1 Å². The zero-order chi connectivity index (χ0) is 66.7. The summed E-state index contributed by atoms with van der Waals surface area (Å²) in [5.74, 6) is -1.33. The number of imide groups is 1. The topological polar surface area (TPSA) is 305 Å². The zero-order valence-corrected chi connectivity index (χ0v) is 59.0. The SMILES string of the molecule is COCCOCCOCCOCCOCCOCC[N+](CCOCCOCCOCCOCCOCCOC)=c1ccc2c(C(C)(C)C)cc(/C=C/C=C3/N(CCCCCC(=O)ON4C(=O)CCC4=O)c4ccc(S(=O)(=O)[O-])cc4C3(C)CCCS(=O)(=O)O)oc-2c1.[Na+]. The van der Waals surface area contributed by atoms with Gasteiger partial charge in [-0.25, -0.2) is 17.8 Å². The van der Waals surface area contributed by atoms with Gasteiger partial charge in [-0.05, 0) is 91.6 Å². The first-order valence-electron chi connectivity index (χ1n) is 31.4. The molecule has 1 aromatic rings. The Labute approximate surface area is 570 Å². The maximum Gasteiger partial charge on any atom is 1.00 e. The van der Waals surface area contributed by atoms with Crippen LogP contribution >= 0.6 is 0 Å². The Hall–Kier alpha value is -4.12. The molecule has 0 bridgehead atoms. The number of anilines is 1. The molecule has 1 saturated heterocycles. The Bertz CT molecular complexity index is 2990. The third kappa shape index (κ3) is 30.0. The van der Waals surface area contributed by atoms with Crippen molar-refractivity contribution in [2.24, 2.45) is 0 Å². The molecule has 1 aromatic carbocycles. The van der Waals surface area contributed by atoms with Crippen molar-refractivity contribution in [3.63, 3.8) is 0 Å². The van der Waals surface area contributed by atoms with Gasteiger partial charge in [0.15, 0.2) is 13.1 Å². The van der Waals surface area contributed by atoms with Gasteiger partial charge in [0, 0.05) is 68.5 Å². The fraction of sp³-hybridized carbons (Fsp3) is 0.656. The summed E-state index contributed by atoms with van der Waals surface area (Å²) >= 11 is 0. The smallest absolute Gasteiger partial charge is 0.744 e. The predicted octanol–water partition coefficient (Wildman–Crippen LogP) is 2.33. The largest absolute Gasteiger partial charge is 1.00 e. The molecule has 1 atom stereocenters. The van der Waals surface area contributed by atoms with Crippen LogP contribution in [0.4, 0.5) is 5.69 Å². The number of benzene rings is 2. The number of allylic oxidation sites excluding steroid dienone is 3. The molecule has 0 radical (unpaired) electrons. The van der Waals surface area contributed by atoms with Gasteiger partial charge in [0.2, 0.25) is 5.36 Å². The maximum absolute atomic E-state index is 12.6. The van der Waals surface area contributed by atoms with Crippen LogP contribution in [0.5, 0.6) is 0 Å². The van der Waals surface area contributed by atoms with Gasteiger partial charge in [-0.2, -0.15) is 8.42 Å². The molecule has 4 aliphatic rings. The molecule has 518 valence electrons. The summed E-state index contributed by atoms with van der Waals surface area (Å²) in [5.41, 5.74) is 2.18. The van der Waals surface area contributed by atoms with Crippen LogP contribution in [-0.4, -0.2) is 234 Å². The van der Waals surface area contributed by atoms with Crippen LogP contribution in [0.1, 0.15) is 95.9 Å². The normalized spacial score (nSPS) is 15.8. The number of carbonyl (C=O) groups excluding carboxylic acids is 3. The summed E-state index contributed by atoms with van der Waals surface area (Å²) in [7, 11) is -6.05. The van der Waals surface area contributed by atoms with Crippen LogP contribution < -0.4 is 44.4 Å². The van der Waals surface area contributed by atoms with E-state index < -0.39 is 54.1 Å². The molecule has 26 nitrogen and oxygen atoms in total. The Balaban J connectivity index is 0.0000184. The van der Waals surface area contributed by atoms with Gasteiger partial charge in [0.25, 0.3) is 21.9 Å². The van der Waals surface area contributed by atoms with Gasteiger partial charge in [-0.15, -0.1) is 5.06 Å². The summed E-state index contributed by atoms with van der Waals surface area (Å²) in [6.45, 7) is 19.3. The number of rotatable bonds is 50. The monoisotopic (exact) mass is 1360 g/mol. The van der Waals surface area contributed by atoms with E-state index >= 15 is 0 Å². The van der Waals surface area contributed by atoms with Gasteiger partial charge in [0.1, 0.15) is 34.9 Å². The average molecular weight is 1360 g/mol. The van der Waals surface area contributed by atoms with Crippen molar-refractivity contribution in [1.29, 1.82) is 0 Å². The van der Waals surface area contributed by atoms with Crippen molar-refractivity contribution in [2.45, 2.75) is 94.8 Å². The average Bonchev–Trinajstić information content (AvgIpc) is 1.61. The number of ether oxygens (including phenoxy) is 12. The van der Waals surface area contributed by atoms with Crippen LogP contribution in [0, 0.1) is 0 Å². The van der Waals surface area contributed by atoms with Crippen molar-refractivity contribution in [3.8, 4) is 11.3 Å². The Kier molecular flexibility index (Phi) is 38.4. The molecule has 0 aromatic heterocycles. The Morgan fingerprint density at radius 1 is 0.656 bits per heavy atom.